The highest BCUT2D eigenvalue weighted by Gasteiger charge is 2.10. The van der Waals surface area contributed by atoms with Crippen LogP contribution >= 0.6 is 0 Å². The van der Waals surface area contributed by atoms with E-state index in [4.69, 9.17) is 14.2 Å². The van der Waals surface area contributed by atoms with Crippen LogP contribution in [0, 0.1) is 0 Å². The Labute approximate surface area is 124 Å². The topological polar surface area (TPSA) is 73.9 Å². The molecule has 0 atom stereocenters. The number of hydrogen-bond donors (Lipinski definition) is 1. The number of rotatable bonds is 8. The van der Waals surface area contributed by atoms with Gasteiger partial charge in [0.2, 0.25) is 0 Å². The van der Waals surface area contributed by atoms with E-state index in [1.807, 2.05) is 13.8 Å². The molecular formula is C15H21NO5. The van der Waals surface area contributed by atoms with Gasteiger partial charge < -0.3 is 19.5 Å². The van der Waals surface area contributed by atoms with Crippen molar-refractivity contribution >= 4 is 17.6 Å². The van der Waals surface area contributed by atoms with Gasteiger partial charge in [-0.25, -0.2) is 0 Å². The molecule has 0 aliphatic carbocycles. The van der Waals surface area contributed by atoms with Crippen LogP contribution < -0.4 is 14.8 Å². The fraction of sp³-hybridized carbons (Fsp3) is 0.467. The summed E-state index contributed by atoms with van der Waals surface area (Å²) < 4.78 is 15.7. The van der Waals surface area contributed by atoms with Crippen molar-refractivity contribution in [3.8, 4) is 11.5 Å². The van der Waals surface area contributed by atoms with Gasteiger partial charge in [0.1, 0.15) is 0 Å². The van der Waals surface area contributed by atoms with Crippen LogP contribution in [0.15, 0.2) is 18.2 Å². The lowest BCUT2D eigenvalue weighted by atomic mass is 10.2. The minimum atomic E-state index is -0.410. The maximum atomic E-state index is 11.7. The molecule has 1 rings (SSSR count). The zero-order chi connectivity index (χ0) is 15.7. The molecule has 1 aromatic rings. The molecule has 0 heterocycles. The summed E-state index contributed by atoms with van der Waals surface area (Å²) >= 11 is 0. The maximum absolute atomic E-state index is 11.7. The Bertz CT molecular complexity index is 487. The minimum Gasteiger partial charge on any atom is -0.490 e. The van der Waals surface area contributed by atoms with E-state index in [0.717, 1.165) is 0 Å². The zero-order valence-electron chi connectivity index (χ0n) is 12.6. The summed E-state index contributed by atoms with van der Waals surface area (Å²) in [4.78, 5) is 22.6. The number of ether oxygens (including phenoxy) is 3. The summed E-state index contributed by atoms with van der Waals surface area (Å²) in [7, 11) is 0. The SMILES string of the molecule is CCOc1ccc(NC(=O)COC(=O)CC)cc1OCC. The molecule has 116 valence electrons. The molecule has 0 fully saturated rings. The van der Waals surface area contributed by atoms with E-state index in [-0.39, 0.29) is 13.0 Å². The quantitative estimate of drug-likeness (QED) is 0.745. The lowest BCUT2D eigenvalue weighted by molar-refractivity contribution is -0.146. The van der Waals surface area contributed by atoms with Crippen LogP contribution in [0.25, 0.3) is 0 Å². The predicted molar refractivity (Wildman–Crippen MR) is 78.7 cm³/mol. The van der Waals surface area contributed by atoms with E-state index >= 15 is 0 Å². The van der Waals surface area contributed by atoms with Crippen molar-refractivity contribution in [1.82, 2.24) is 0 Å². The molecule has 0 saturated heterocycles. The van der Waals surface area contributed by atoms with Gasteiger partial charge in [0, 0.05) is 18.2 Å². The van der Waals surface area contributed by atoms with Gasteiger partial charge in [0.25, 0.3) is 5.91 Å². The molecule has 0 unspecified atom stereocenters. The molecule has 1 amide bonds. The van der Waals surface area contributed by atoms with E-state index in [2.05, 4.69) is 5.32 Å². The summed E-state index contributed by atoms with van der Waals surface area (Å²) in [6, 6.07) is 5.10. The van der Waals surface area contributed by atoms with E-state index < -0.39 is 11.9 Å². The highest BCUT2D eigenvalue weighted by atomic mass is 16.5. The molecule has 0 spiro atoms. The van der Waals surface area contributed by atoms with Crippen LogP contribution in [0.2, 0.25) is 0 Å². The van der Waals surface area contributed by atoms with Crippen molar-refractivity contribution in [3.63, 3.8) is 0 Å². The van der Waals surface area contributed by atoms with Gasteiger partial charge in [-0.15, -0.1) is 0 Å². The molecule has 21 heavy (non-hydrogen) atoms. The molecule has 6 nitrogen and oxygen atoms in total. The van der Waals surface area contributed by atoms with Gasteiger partial charge in [0.15, 0.2) is 18.1 Å². The largest absolute Gasteiger partial charge is 0.490 e. The van der Waals surface area contributed by atoms with E-state index in [0.29, 0.717) is 30.4 Å². The first-order valence-electron chi connectivity index (χ1n) is 6.95. The number of carbonyl (C=O) groups is 2. The first-order chi connectivity index (χ1) is 10.1. The van der Waals surface area contributed by atoms with Gasteiger partial charge in [0.05, 0.1) is 13.2 Å². The van der Waals surface area contributed by atoms with Crippen molar-refractivity contribution in [2.45, 2.75) is 27.2 Å². The minimum absolute atomic E-state index is 0.241. The average Bonchev–Trinajstić information content (AvgIpc) is 2.48. The Balaban J connectivity index is 2.68. The lowest BCUT2D eigenvalue weighted by Gasteiger charge is -2.13. The third-order valence-corrected chi connectivity index (χ3v) is 2.48. The number of amides is 1. The van der Waals surface area contributed by atoms with Gasteiger partial charge in [-0.05, 0) is 26.0 Å². The Morgan fingerprint density at radius 1 is 1.05 bits per heavy atom. The summed E-state index contributed by atoms with van der Waals surface area (Å²) in [6.07, 6.45) is 0.241. The van der Waals surface area contributed by atoms with Crippen LogP contribution in [0.4, 0.5) is 5.69 Å². The molecule has 6 heteroatoms. The van der Waals surface area contributed by atoms with Crippen LogP contribution in [0.1, 0.15) is 27.2 Å². The second-order valence-corrected chi connectivity index (χ2v) is 4.09. The van der Waals surface area contributed by atoms with Gasteiger partial charge >= 0.3 is 5.97 Å². The molecule has 0 aliphatic heterocycles. The third kappa shape index (κ3) is 5.72. The van der Waals surface area contributed by atoms with E-state index in [1.54, 1.807) is 25.1 Å². The highest BCUT2D eigenvalue weighted by Crippen LogP contribution is 2.30. The Morgan fingerprint density at radius 2 is 1.71 bits per heavy atom. The molecule has 0 aromatic heterocycles. The van der Waals surface area contributed by atoms with Crippen LogP contribution in [0.5, 0.6) is 11.5 Å². The van der Waals surface area contributed by atoms with Gasteiger partial charge in [-0.3, -0.25) is 9.59 Å². The first kappa shape index (κ1) is 16.8. The Hall–Kier alpha value is -2.24. The zero-order valence-corrected chi connectivity index (χ0v) is 12.6. The smallest absolute Gasteiger partial charge is 0.306 e. The fourth-order valence-electron chi connectivity index (χ4n) is 1.57. The Morgan fingerprint density at radius 3 is 2.33 bits per heavy atom. The molecule has 0 aliphatic rings. The third-order valence-electron chi connectivity index (χ3n) is 2.48. The number of nitrogens with one attached hydrogen (secondary N) is 1. The van der Waals surface area contributed by atoms with Crippen molar-refractivity contribution in [3.05, 3.63) is 18.2 Å². The normalized spacial score (nSPS) is 9.86. The van der Waals surface area contributed by atoms with E-state index in [9.17, 15) is 9.59 Å². The first-order valence-corrected chi connectivity index (χ1v) is 6.95. The average molecular weight is 295 g/mol. The molecule has 1 N–H and O–H groups in total. The highest BCUT2D eigenvalue weighted by molar-refractivity contribution is 5.93. The number of esters is 1. The molecule has 0 saturated carbocycles. The summed E-state index contributed by atoms with van der Waals surface area (Å²) in [5.74, 6) is 0.368. The number of carbonyl (C=O) groups excluding carboxylic acids is 2. The van der Waals surface area contributed by atoms with Crippen LogP contribution in [0.3, 0.4) is 0 Å². The van der Waals surface area contributed by atoms with Crippen molar-refractivity contribution in [2.75, 3.05) is 25.1 Å². The summed E-state index contributed by atoms with van der Waals surface area (Å²) in [6.45, 7) is 6.13. The number of anilines is 1. The maximum Gasteiger partial charge on any atom is 0.306 e. The number of hydrogen-bond acceptors (Lipinski definition) is 5. The lowest BCUT2D eigenvalue weighted by Crippen LogP contribution is -2.20. The van der Waals surface area contributed by atoms with Crippen LogP contribution in [-0.4, -0.2) is 31.7 Å². The Kier molecular flexibility index (Phi) is 7.08. The molecule has 0 bridgehead atoms. The van der Waals surface area contributed by atoms with Crippen molar-refractivity contribution in [2.24, 2.45) is 0 Å². The van der Waals surface area contributed by atoms with Crippen molar-refractivity contribution in [1.29, 1.82) is 0 Å². The molecule has 0 radical (unpaired) electrons. The summed E-state index contributed by atoms with van der Waals surface area (Å²) in [5, 5.41) is 2.64. The van der Waals surface area contributed by atoms with E-state index in [1.165, 1.54) is 0 Å². The second-order valence-electron chi connectivity index (χ2n) is 4.09. The fourth-order valence-corrected chi connectivity index (χ4v) is 1.57. The van der Waals surface area contributed by atoms with Gasteiger partial charge in [-0.2, -0.15) is 0 Å². The molecular weight excluding hydrogens is 274 g/mol. The summed E-state index contributed by atoms with van der Waals surface area (Å²) in [5.41, 5.74) is 0.555. The van der Waals surface area contributed by atoms with Crippen LogP contribution in [-0.2, 0) is 14.3 Å². The van der Waals surface area contributed by atoms with Crippen molar-refractivity contribution < 1.29 is 23.8 Å². The second kappa shape index (κ2) is 8.84. The standard InChI is InChI=1S/C15H21NO5/c1-4-15(18)21-10-14(17)16-11-7-8-12(19-5-2)13(9-11)20-6-3/h7-9H,4-6,10H2,1-3H3,(H,16,17). The predicted octanol–water partition coefficient (Wildman–Crippen LogP) is 2.38. The number of benzene rings is 1. The molecule has 1 aromatic carbocycles. The van der Waals surface area contributed by atoms with Gasteiger partial charge in [-0.1, -0.05) is 6.92 Å². The monoisotopic (exact) mass is 295 g/mol.